The van der Waals surface area contributed by atoms with Crippen LogP contribution in [0.1, 0.15) is 30.0 Å². The molecule has 0 spiro atoms. The molecule has 21 heavy (non-hydrogen) atoms. The zero-order chi connectivity index (χ0) is 14.9. The van der Waals surface area contributed by atoms with Crippen molar-refractivity contribution in [1.29, 1.82) is 0 Å². The zero-order valence-electron chi connectivity index (χ0n) is 11.4. The second-order valence-corrected chi connectivity index (χ2v) is 5.32. The van der Waals surface area contributed by atoms with Crippen LogP contribution in [0.2, 0.25) is 0 Å². The number of hydrogen-bond donors (Lipinski definition) is 2. The second kappa shape index (κ2) is 5.52. The van der Waals surface area contributed by atoms with E-state index < -0.39 is 11.7 Å². The first-order valence-corrected chi connectivity index (χ1v) is 6.97. The number of H-pyrrole nitrogens is 1. The predicted molar refractivity (Wildman–Crippen MR) is 73.9 cm³/mol. The van der Waals surface area contributed by atoms with Gasteiger partial charge in [-0.25, -0.2) is 0 Å². The van der Waals surface area contributed by atoms with E-state index in [4.69, 9.17) is 0 Å². The lowest BCUT2D eigenvalue weighted by Crippen LogP contribution is -2.28. The highest BCUT2D eigenvalue weighted by atomic mass is 19.4. The van der Waals surface area contributed by atoms with E-state index >= 15 is 0 Å². The maximum absolute atomic E-state index is 12.6. The predicted octanol–water partition coefficient (Wildman–Crippen LogP) is 3.56. The van der Waals surface area contributed by atoms with Gasteiger partial charge in [-0.05, 0) is 37.1 Å². The topological polar surface area (TPSA) is 40.7 Å². The van der Waals surface area contributed by atoms with Crippen molar-refractivity contribution in [3.8, 4) is 11.1 Å². The molecule has 2 aromatic rings. The van der Waals surface area contributed by atoms with E-state index in [1.807, 2.05) is 0 Å². The number of piperidine rings is 1. The van der Waals surface area contributed by atoms with Gasteiger partial charge < -0.3 is 5.32 Å². The van der Waals surface area contributed by atoms with Gasteiger partial charge in [0.2, 0.25) is 0 Å². The van der Waals surface area contributed by atoms with Crippen molar-refractivity contribution in [3.63, 3.8) is 0 Å². The van der Waals surface area contributed by atoms with E-state index in [1.54, 1.807) is 6.20 Å². The van der Waals surface area contributed by atoms with Gasteiger partial charge in [0.05, 0.1) is 11.8 Å². The van der Waals surface area contributed by atoms with E-state index in [0.29, 0.717) is 5.92 Å². The maximum atomic E-state index is 12.6. The second-order valence-electron chi connectivity index (χ2n) is 5.32. The van der Waals surface area contributed by atoms with Gasteiger partial charge in [-0.1, -0.05) is 12.1 Å². The van der Waals surface area contributed by atoms with Gasteiger partial charge in [-0.3, -0.25) is 5.10 Å². The first-order valence-electron chi connectivity index (χ1n) is 6.97. The van der Waals surface area contributed by atoms with E-state index in [2.05, 4.69) is 15.5 Å². The largest absolute Gasteiger partial charge is 0.416 e. The van der Waals surface area contributed by atoms with Crippen molar-refractivity contribution in [1.82, 2.24) is 15.5 Å². The Morgan fingerprint density at radius 2 is 1.90 bits per heavy atom. The third kappa shape index (κ3) is 2.95. The number of nitrogens with zero attached hydrogens (tertiary/aromatic N) is 1. The lowest BCUT2D eigenvalue weighted by atomic mass is 9.91. The minimum absolute atomic E-state index is 0.332. The normalized spacial score (nSPS) is 19.7. The lowest BCUT2D eigenvalue weighted by Gasteiger charge is -2.22. The van der Waals surface area contributed by atoms with Crippen molar-refractivity contribution in [2.24, 2.45) is 0 Å². The molecule has 1 fully saturated rings. The smallest absolute Gasteiger partial charge is 0.316 e. The van der Waals surface area contributed by atoms with Gasteiger partial charge in [0, 0.05) is 23.7 Å². The molecule has 0 radical (unpaired) electrons. The van der Waals surface area contributed by atoms with Crippen LogP contribution in [-0.2, 0) is 6.18 Å². The van der Waals surface area contributed by atoms with Gasteiger partial charge in [-0.15, -0.1) is 0 Å². The van der Waals surface area contributed by atoms with Crippen LogP contribution in [0.15, 0.2) is 30.5 Å². The summed E-state index contributed by atoms with van der Waals surface area (Å²) in [5.74, 6) is 0.332. The number of hydrogen-bond acceptors (Lipinski definition) is 2. The number of benzene rings is 1. The Kier molecular flexibility index (Phi) is 3.71. The highest BCUT2D eigenvalue weighted by molar-refractivity contribution is 5.66. The number of rotatable bonds is 2. The fourth-order valence-electron chi connectivity index (χ4n) is 2.77. The Morgan fingerprint density at radius 3 is 2.52 bits per heavy atom. The average molecular weight is 295 g/mol. The minimum Gasteiger partial charge on any atom is -0.316 e. The average Bonchev–Trinajstić information content (AvgIpc) is 2.97. The summed E-state index contributed by atoms with van der Waals surface area (Å²) in [5.41, 5.74) is 2.02. The van der Waals surface area contributed by atoms with Crippen LogP contribution in [0.5, 0.6) is 0 Å². The summed E-state index contributed by atoms with van der Waals surface area (Å²) in [6.07, 6.45) is -0.462. The summed E-state index contributed by atoms with van der Waals surface area (Å²) < 4.78 is 37.8. The molecule has 3 nitrogen and oxygen atoms in total. The summed E-state index contributed by atoms with van der Waals surface area (Å²) in [7, 11) is 0. The van der Waals surface area contributed by atoms with Crippen LogP contribution < -0.4 is 5.32 Å². The summed E-state index contributed by atoms with van der Waals surface area (Å²) in [4.78, 5) is 0. The fraction of sp³-hybridized carbons (Fsp3) is 0.400. The number of aromatic nitrogens is 2. The zero-order valence-corrected chi connectivity index (χ0v) is 11.4. The van der Waals surface area contributed by atoms with Gasteiger partial charge in [0.1, 0.15) is 0 Å². The molecule has 1 aromatic heterocycles. The van der Waals surface area contributed by atoms with Crippen LogP contribution in [0, 0.1) is 0 Å². The molecule has 1 aromatic carbocycles. The SMILES string of the molecule is FC(F)(F)c1ccc(-c2cn[nH]c2[C@H]2CCCNC2)cc1. The molecular formula is C15H16F3N3. The molecule has 1 aliphatic heterocycles. The summed E-state index contributed by atoms with van der Waals surface area (Å²) in [6, 6.07) is 5.25. The molecule has 0 amide bonds. The maximum Gasteiger partial charge on any atom is 0.416 e. The first kappa shape index (κ1) is 14.1. The van der Waals surface area contributed by atoms with Crippen molar-refractivity contribution in [2.45, 2.75) is 24.9 Å². The van der Waals surface area contributed by atoms with Crippen molar-refractivity contribution in [3.05, 3.63) is 41.7 Å². The number of halogens is 3. The molecule has 0 unspecified atom stereocenters. The molecule has 0 bridgehead atoms. The monoisotopic (exact) mass is 295 g/mol. The highest BCUT2D eigenvalue weighted by Gasteiger charge is 2.30. The third-order valence-corrected chi connectivity index (χ3v) is 3.90. The molecule has 0 aliphatic carbocycles. The Labute approximate surface area is 120 Å². The Hall–Kier alpha value is -1.82. The van der Waals surface area contributed by atoms with Crippen LogP contribution in [-0.4, -0.2) is 23.3 Å². The summed E-state index contributed by atoms with van der Waals surface area (Å²) in [5, 5.41) is 10.4. The van der Waals surface area contributed by atoms with Crippen molar-refractivity contribution >= 4 is 0 Å². The van der Waals surface area contributed by atoms with E-state index in [-0.39, 0.29) is 0 Å². The summed E-state index contributed by atoms with van der Waals surface area (Å²) >= 11 is 0. The summed E-state index contributed by atoms with van der Waals surface area (Å²) in [6.45, 7) is 1.88. The van der Waals surface area contributed by atoms with Gasteiger partial charge in [-0.2, -0.15) is 18.3 Å². The quantitative estimate of drug-likeness (QED) is 0.889. The van der Waals surface area contributed by atoms with E-state index in [1.165, 1.54) is 12.1 Å². The molecule has 6 heteroatoms. The molecule has 1 atom stereocenters. The molecule has 0 saturated carbocycles. The van der Waals surface area contributed by atoms with E-state index in [0.717, 1.165) is 54.9 Å². The Morgan fingerprint density at radius 1 is 1.14 bits per heavy atom. The lowest BCUT2D eigenvalue weighted by molar-refractivity contribution is -0.137. The third-order valence-electron chi connectivity index (χ3n) is 3.90. The molecule has 112 valence electrons. The molecule has 3 rings (SSSR count). The van der Waals surface area contributed by atoms with Crippen LogP contribution in [0.3, 0.4) is 0 Å². The van der Waals surface area contributed by atoms with Crippen molar-refractivity contribution < 1.29 is 13.2 Å². The Balaban J connectivity index is 1.89. The molecular weight excluding hydrogens is 279 g/mol. The number of alkyl halides is 3. The van der Waals surface area contributed by atoms with Gasteiger partial charge >= 0.3 is 6.18 Å². The number of aromatic amines is 1. The van der Waals surface area contributed by atoms with Crippen LogP contribution >= 0.6 is 0 Å². The minimum atomic E-state index is -4.30. The van der Waals surface area contributed by atoms with Crippen LogP contribution in [0.25, 0.3) is 11.1 Å². The molecule has 2 heterocycles. The Bertz CT molecular complexity index is 595. The molecule has 1 aliphatic rings. The van der Waals surface area contributed by atoms with Gasteiger partial charge in [0.25, 0.3) is 0 Å². The highest BCUT2D eigenvalue weighted by Crippen LogP contribution is 2.34. The van der Waals surface area contributed by atoms with Crippen molar-refractivity contribution in [2.75, 3.05) is 13.1 Å². The van der Waals surface area contributed by atoms with Crippen LogP contribution in [0.4, 0.5) is 13.2 Å². The van der Waals surface area contributed by atoms with Gasteiger partial charge in [0.15, 0.2) is 0 Å². The van der Waals surface area contributed by atoms with E-state index in [9.17, 15) is 13.2 Å². The standard InChI is InChI=1S/C15H16F3N3/c16-15(17,18)12-5-3-10(4-6-12)13-9-20-21-14(13)11-2-1-7-19-8-11/h3-6,9,11,19H,1-2,7-8H2,(H,20,21)/t11-/m0/s1. The molecule has 2 N–H and O–H groups in total. The molecule has 1 saturated heterocycles. The fourth-order valence-corrected chi connectivity index (χ4v) is 2.77. The first-order chi connectivity index (χ1) is 10.1. The number of nitrogens with one attached hydrogen (secondary N) is 2.